The van der Waals surface area contributed by atoms with Gasteiger partial charge in [-0.3, -0.25) is 14.2 Å². The van der Waals surface area contributed by atoms with Crippen LogP contribution in [0.2, 0.25) is 0 Å². The van der Waals surface area contributed by atoms with Crippen LogP contribution in [0.4, 0.5) is 10.1 Å². The summed E-state index contributed by atoms with van der Waals surface area (Å²) in [6.45, 7) is 8.85. The second-order valence-electron chi connectivity index (χ2n) is 8.83. The molecule has 33 heavy (non-hydrogen) atoms. The average Bonchev–Trinajstić information content (AvgIpc) is 3.10. The van der Waals surface area contributed by atoms with Gasteiger partial charge in [0.2, 0.25) is 5.91 Å². The second-order valence-corrected chi connectivity index (χ2v) is 9.61. The highest BCUT2D eigenvalue weighted by Gasteiger charge is 2.25. The van der Waals surface area contributed by atoms with Gasteiger partial charge in [-0.05, 0) is 37.3 Å². The Hall–Kier alpha value is -2.81. The molecule has 1 aromatic carbocycles. The molecule has 9 heteroatoms. The topological polar surface area (TPSA) is 63.4 Å². The summed E-state index contributed by atoms with van der Waals surface area (Å²) in [5, 5.41) is 0.689. The van der Waals surface area contributed by atoms with Crippen LogP contribution in [0.15, 0.2) is 40.3 Å². The van der Waals surface area contributed by atoms with Crippen molar-refractivity contribution < 1.29 is 9.18 Å². The molecule has 176 valence electrons. The van der Waals surface area contributed by atoms with E-state index < -0.39 is 0 Å². The van der Waals surface area contributed by atoms with E-state index in [1.165, 1.54) is 17.8 Å². The Labute approximate surface area is 197 Å². The summed E-state index contributed by atoms with van der Waals surface area (Å²) in [4.78, 5) is 35.0. The number of thioether (sulfide) groups is 1. The first-order valence-electron chi connectivity index (χ1n) is 11.2. The lowest BCUT2D eigenvalue weighted by Gasteiger charge is -2.36. The van der Waals surface area contributed by atoms with E-state index in [1.54, 1.807) is 26.2 Å². The number of aryl methyl sites for hydroxylation is 1. The largest absolute Gasteiger partial charge is 0.366 e. The minimum atomic E-state index is -0.249. The van der Waals surface area contributed by atoms with Gasteiger partial charge in [0.15, 0.2) is 5.16 Å². The van der Waals surface area contributed by atoms with E-state index >= 15 is 0 Å². The number of rotatable bonds is 6. The number of fused-ring (bicyclic) bond motifs is 1. The molecule has 0 spiro atoms. The van der Waals surface area contributed by atoms with Gasteiger partial charge in [-0.25, -0.2) is 9.37 Å². The molecule has 1 aliphatic rings. The van der Waals surface area contributed by atoms with E-state index in [0.717, 1.165) is 5.69 Å². The van der Waals surface area contributed by atoms with Crippen LogP contribution >= 0.6 is 11.8 Å². The predicted octanol–water partition coefficient (Wildman–Crippen LogP) is 3.37. The number of para-hydroxylation sites is 1. The van der Waals surface area contributed by atoms with Gasteiger partial charge >= 0.3 is 0 Å². The van der Waals surface area contributed by atoms with Crippen LogP contribution in [0.1, 0.15) is 19.5 Å². The van der Waals surface area contributed by atoms with Gasteiger partial charge in [-0.15, -0.1) is 0 Å². The quantitative estimate of drug-likeness (QED) is 0.408. The predicted molar refractivity (Wildman–Crippen MR) is 131 cm³/mol. The fourth-order valence-corrected chi connectivity index (χ4v) is 4.94. The minimum Gasteiger partial charge on any atom is -0.366 e. The van der Waals surface area contributed by atoms with E-state index in [4.69, 9.17) is 4.98 Å². The van der Waals surface area contributed by atoms with Gasteiger partial charge in [-0.1, -0.05) is 37.7 Å². The molecule has 0 bridgehead atoms. The van der Waals surface area contributed by atoms with Crippen molar-refractivity contribution in [3.8, 4) is 0 Å². The number of hydrogen-bond acceptors (Lipinski definition) is 5. The molecule has 2 aromatic heterocycles. The van der Waals surface area contributed by atoms with Crippen LogP contribution in [-0.4, -0.2) is 57.4 Å². The zero-order valence-electron chi connectivity index (χ0n) is 19.5. The normalized spacial score (nSPS) is 14.5. The number of carbonyl (C=O) groups is 1. The monoisotopic (exact) mass is 471 g/mol. The molecular weight excluding hydrogens is 441 g/mol. The number of halogens is 1. The van der Waals surface area contributed by atoms with E-state index in [1.807, 2.05) is 30.2 Å². The molecule has 0 unspecified atom stereocenters. The second kappa shape index (κ2) is 9.59. The van der Waals surface area contributed by atoms with Gasteiger partial charge in [0, 0.05) is 38.4 Å². The maximum atomic E-state index is 14.1. The number of carbonyl (C=O) groups excluding carboxylic acids is 1. The Morgan fingerprint density at radius 2 is 1.85 bits per heavy atom. The number of anilines is 1. The van der Waals surface area contributed by atoms with Gasteiger partial charge in [0.25, 0.3) is 5.56 Å². The Bertz CT molecular complexity index is 1230. The SMILES string of the molecule is CSc1nc2cc(C)n(CC(=O)N3CCN(c4ccccc4F)CC3)c2c(=O)n1CC(C)C. The highest BCUT2D eigenvalue weighted by molar-refractivity contribution is 7.98. The molecule has 1 saturated heterocycles. The first-order chi connectivity index (χ1) is 15.8. The van der Waals surface area contributed by atoms with Crippen LogP contribution in [0.25, 0.3) is 11.0 Å². The number of amides is 1. The molecule has 0 radical (unpaired) electrons. The molecule has 0 atom stereocenters. The van der Waals surface area contributed by atoms with Crippen LogP contribution in [0.3, 0.4) is 0 Å². The fraction of sp³-hybridized carbons (Fsp3) is 0.458. The number of nitrogens with zero attached hydrogens (tertiary/aromatic N) is 5. The van der Waals surface area contributed by atoms with Crippen molar-refractivity contribution in [3.05, 3.63) is 52.2 Å². The highest BCUT2D eigenvalue weighted by Crippen LogP contribution is 2.22. The van der Waals surface area contributed by atoms with E-state index in [2.05, 4.69) is 13.8 Å². The van der Waals surface area contributed by atoms with Crippen LogP contribution in [0, 0.1) is 18.7 Å². The van der Waals surface area contributed by atoms with Gasteiger partial charge in [-0.2, -0.15) is 0 Å². The summed E-state index contributed by atoms with van der Waals surface area (Å²) in [5.74, 6) is -0.00113. The number of piperazine rings is 1. The smallest absolute Gasteiger partial charge is 0.278 e. The third-order valence-corrected chi connectivity index (χ3v) is 6.70. The van der Waals surface area contributed by atoms with Crippen LogP contribution in [-0.2, 0) is 17.9 Å². The van der Waals surface area contributed by atoms with Crippen molar-refractivity contribution in [2.75, 3.05) is 37.3 Å². The lowest BCUT2D eigenvalue weighted by Crippen LogP contribution is -2.50. The van der Waals surface area contributed by atoms with Crippen molar-refractivity contribution in [3.63, 3.8) is 0 Å². The Balaban J connectivity index is 1.55. The van der Waals surface area contributed by atoms with Gasteiger partial charge in [0.05, 0.1) is 11.2 Å². The van der Waals surface area contributed by atoms with Crippen molar-refractivity contribution in [1.29, 1.82) is 0 Å². The van der Waals surface area contributed by atoms with Crippen LogP contribution < -0.4 is 10.5 Å². The summed E-state index contributed by atoms with van der Waals surface area (Å²) in [6.07, 6.45) is 1.92. The summed E-state index contributed by atoms with van der Waals surface area (Å²) in [6, 6.07) is 8.59. The summed E-state index contributed by atoms with van der Waals surface area (Å²) in [7, 11) is 0. The van der Waals surface area contributed by atoms with E-state index in [-0.39, 0.29) is 23.8 Å². The number of benzene rings is 1. The lowest BCUT2D eigenvalue weighted by molar-refractivity contribution is -0.132. The van der Waals surface area contributed by atoms with Gasteiger partial charge < -0.3 is 14.4 Å². The molecule has 1 amide bonds. The highest BCUT2D eigenvalue weighted by atomic mass is 32.2. The molecule has 1 aliphatic heterocycles. The zero-order chi connectivity index (χ0) is 23.7. The lowest BCUT2D eigenvalue weighted by atomic mass is 10.2. The molecule has 0 aliphatic carbocycles. The molecule has 0 N–H and O–H groups in total. The third-order valence-electron chi connectivity index (χ3n) is 6.03. The Morgan fingerprint density at radius 1 is 1.15 bits per heavy atom. The maximum absolute atomic E-state index is 14.1. The first-order valence-corrected chi connectivity index (χ1v) is 12.4. The standard InChI is InChI=1S/C24H30FN5O2S/c1-16(2)14-30-23(32)22-19(26-24(30)33-4)13-17(3)29(22)15-21(31)28-11-9-27(10-12-28)20-8-6-5-7-18(20)25/h5-8,13,16H,9-12,14-15H2,1-4H3. The number of aromatic nitrogens is 3. The molecule has 4 rings (SSSR count). The van der Waals surface area contributed by atoms with E-state index in [0.29, 0.717) is 60.5 Å². The molecule has 3 aromatic rings. The van der Waals surface area contributed by atoms with Crippen molar-refractivity contribution in [2.24, 2.45) is 5.92 Å². The first kappa shape index (κ1) is 23.4. The Kier molecular flexibility index (Phi) is 6.78. The molecule has 3 heterocycles. The van der Waals surface area contributed by atoms with E-state index in [9.17, 15) is 14.0 Å². The Morgan fingerprint density at radius 3 is 2.48 bits per heavy atom. The summed E-state index contributed by atoms with van der Waals surface area (Å²) >= 11 is 1.45. The molecular formula is C24H30FN5O2S. The van der Waals surface area contributed by atoms with Gasteiger partial charge in [0.1, 0.15) is 17.9 Å². The molecule has 0 saturated carbocycles. The van der Waals surface area contributed by atoms with Crippen molar-refractivity contribution in [2.45, 2.75) is 39.0 Å². The zero-order valence-corrected chi connectivity index (χ0v) is 20.4. The van der Waals surface area contributed by atoms with Crippen LogP contribution in [0.5, 0.6) is 0 Å². The number of hydrogen-bond donors (Lipinski definition) is 0. The molecule has 7 nitrogen and oxygen atoms in total. The van der Waals surface area contributed by atoms with Crippen molar-refractivity contribution in [1.82, 2.24) is 19.0 Å². The molecule has 1 fully saturated rings. The fourth-order valence-electron chi connectivity index (χ4n) is 4.37. The minimum absolute atomic E-state index is 0.0486. The average molecular weight is 472 g/mol. The van der Waals surface area contributed by atoms with Crippen molar-refractivity contribution >= 4 is 34.4 Å². The third kappa shape index (κ3) is 4.64. The maximum Gasteiger partial charge on any atom is 0.278 e. The summed E-state index contributed by atoms with van der Waals surface area (Å²) in [5.41, 5.74) is 2.40. The summed E-state index contributed by atoms with van der Waals surface area (Å²) < 4.78 is 17.6.